The molecule has 3 rings (SSSR count). The molecular weight excluding hydrogens is 523 g/mol. The summed E-state index contributed by atoms with van der Waals surface area (Å²) in [6, 6.07) is 4.41. The Morgan fingerprint density at radius 1 is 0.925 bits per heavy atom. The van der Waals surface area contributed by atoms with E-state index in [-0.39, 0.29) is 35.8 Å². The van der Waals surface area contributed by atoms with E-state index < -0.39 is 11.7 Å². The number of nitrogens with one attached hydrogen (secondary N) is 1. The maximum Gasteiger partial charge on any atom is 0.416 e. The molecule has 7 nitrogen and oxygen atoms in total. The van der Waals surface area contributed by atoms with Crippen LogP contribution in [0.15, 0.2) is 48.6 Å². The Balaban J connectivity index is 0.00000122. The van der Waals surface area contributed by atoms with E-state index in [0.29, 0.717) is 51.0 Å². The smallest absolute Gasteiger partial charge is 0.416 e. The average molecular weight is 568 g/mol. The molecule has 2 aliphatic rings. The second-order valence-corrected chi connectivity index (χ2v) is 9.40. The number of hydrogen-bond donors (Lipinski definition) is 1. The minimum absolute atomic E-state index is 0.204. The van der Waals surface area contributed by atoms with Gasteiger partial charge in [-0.1, -0.05) is 44.2 Å². The summed E-state index contributed by atoms with van der Waals surface area (Å²) in [6.07, 6.45) is 4.10. The van der Waals surface area contributed by atoms with E-state index in [1.165, 1.54) is 25.3 Å². The normalized spacial score (nSPS) is 19.8. The van der Waals surface area contributed by atoms with Crippen molar-refractivity contribution in [2.24, 2.45) is 5.92 Å². The molecule has 2 unspecified atom stereocenters. The van der Waals surface area contributed by atoms with Crippen molar-refractivity contribution in [3.63, 3.8) is 0 Å². The van der Waals surface area contributed by atoms with Crippen molar-refractivity contribution in [3.8, 4) is 0 Å². The number of urea groups is 1. The Kier molecular flexibility index (Phi) is 15.1. The number of nitrogens with zero attached hydrogens (tertiary/aromatic N) is 2. The van der Waals surface area contributed by atoms with Crippen LogP contribution in [0.4, 0.5) is 18.0 Å². The number of halogens is 3. The maximum absolute atomic E-state index is 13.3. The lowest BCUT2D eigenvalue weighted by Crippen LogP contribution is -2.56. The van der Waals surface area contributed by atoms with Gasteiger partial charge >= 0.3 is 18.2 Å². The number of piperidine rings is 2. The lowest BCUT2D eigenvalue weighted by atomic mass is 9.87. The van der Waals surface area contributed by atoms with Gasteiger partial charge in [0.15, 0.2) is 0 Å². The first-order chi connectivity index (χ1) is 19.0. The summed E-state index contributed by atoms with van der Waals surface area (Å²) in [5.74, 6) is -1.03. The number of likely N-dealkylation sites (tertiary alicyclic amines) is 2. The maximum atomic E-state index is 13.3. The molecule has 2 aliphatic heterocycles. The highest BCUT2D eigenvalue weighted by Gasteiger charge is 2.36. The lowest BCUT2D eigenvalue weighted by molar-refractivity contribution is -0.146. The zero-order valence-corrected chi connectivity index (χ0v) is 24.5. The van der Waals surface area contributed by atoms with Crippen molar-refractivity contribution < 1.29 is 32.3 Å². The molecule has 224 valence electrons. The van der Waals surface area contributed by atoms with Crippen molar-refractivity contribution in [1.29, 1.82) is 0 Å². The highest BCUT2D eigenvalue weighted by atomic mass is 19.4. The SMILES string of the molecule is C/C=C/C(=O)NC1CC(c2ccc(C(F)(F)F)cc2)CN(C(=O)N2CCC(C(=O)OC)CC2)C1.C/C=C\C.CC. The topological polar surface area (TPSA) is 79.0 Å². The number of amides is 3. The van der Waals surface area contributed by atoms with Gasteiger partial charge < -0.3 is 19.9 Å². The van der Waals surface area contributed by atoms with E-state index in [2.05, 4.69) is 5.32 Å². The number of allylic oxidation sites excluding steroid dienone is 3. The van der Waals surface area contributed by atoms with Crippen LogP contribution in [-0.2, 0) is 20.5 Å². The number of esters is 1. The molecule has 1 aromatic carbocycles. The molecule has 2 atom stereocenters. The van der Waals surface area contributed by atoms with Crippen LogP contribution in [0.2, 0.25) is 0 Å². The fraction of sp³-hybridized carbons (Fsp3) is 0.567. The quantitative estimate of drug-likeness (QED) is 0.268. The Morgan fingerprint density at radius 2 is 1.50 bits per heavy atom. The summed E-state index contributed by atoms with van der Waals surface area (Å²) < 4.78 is 43.7. The van der Waals surface area contributed by atoms with Crippen LogP contribution in [0.3, 0.4) is 0 Å². The van der Waals surface area contributed by atoms with Crippen LogP contribution in [0.25, 0.3) is 0 Å². The van der Waals surface area contributed by atoms with Crippen molar-refractivity contribution >= 4 is 17.9 Å². The number of alkyl halides is 3. The number of carbonyl (C=O) groups excluding carboxylic acids is 3. The molecule has 0 aromatic heterocycles. The minimum Gasteiger partial charge on any atom is -0.469 e. The molecule has 3 amide bonds. The number of rotatable bonds is 4. The summed E-state index contributed by atoms with van der Waals surface area (Å²) in [6.45, 7) is 11.2. The van der Waals surface area contributed by atoms with Gasteiger partial charge in [-0.25, -0.2) is 4.79 Å². The van der Waals surface area contributed by atoms with Gasteiger partial charge in [0.1, 0.15) is 0 Å². The molecule has 1 N–H and O–H groups in total. The van der Waals surface area contributed by atoms with Crippen molar-refractivity contribution in [2.45, 2.75) is 72.0 Å². The van der Waals surface area contributed by atoms with E-state index in [1.54, 1.807) is 22.8 Å². The number of ether oxygens (including phenoxy) is 1. The first kappa shape index (κ1) is 34.7. The van der Waals surface area contributed by atoms with Gasteiger partial charge in [-0.2, -0.15) is 13.2 Å². The minimum atomic E-state index is -4.42. The molecule has 1 aromatic rings. The van der Waals surface area contributed by atoms with Gasteiger partial charge in [0.05, 0.1) is 18.6 Å². The van der Waals surface area contributed by atoms with Crippen molar-refractivity contribution in [1.82, 2.24) is 15.1 Å². The van der Waals surface area contributed by atoms with Gasteiger partial charge in [-0.3, -0.25) is 9.59 Å². The van der Waals surface area contributed by atoms with E-state index in [4.69, 9.17) is 4.74 Å². The molecule has 0 spiro atoms. The summed E-state index contributed by atoms with van der Waals surface area (Å²) in [7, 11) is 1.34. The van der Waals surface area contributed by atoms with Crippen molar-refractivity contribution in [3.05, 3.63) is 59.7 Å². The zero-order chi connectivity index (χ0) is 30.3. The third-order valence-electron chi connectivity index (χ3n) is 6.73. The first-order valence-electron chi connectivity index (χ1n) is 13.8. The fourth-order valence-corrected chi connectivity index (χ4v) is 4.62. The third-order valence-corrected chi connectivity index (χ3v) is 6.73. The Morgan fingerprint density at radius 3 is 1.98 bits per heavy atom. The molecule has 2 saturated heterocycles. The summed E-state index contributed by atoms with van der Waals surface area (Å²) in [5, 5.41) is 2.89. The third kappa shape index (κ3) is 10.7. The van der Waals surface area contributed by atoms with E-state index in [1.807, 2.05) is 39.8 Å². The second kappa shape index (κ2) is 17.4. The summed E-state index contributed by atoms with van der Waals surface area (Å²) in [5.41, 5.74) is -0.0495. The molecular formula is C30H44F3N3O4. The molecule has 40 heavy (non-hydrogen) atoms. The Hall–Kier alpha value is -3.30. The van der Waals surface area contributed by atoms with Crippen LogP contribution >= 0.6 is 0 Å². The predicted molar refractivity (Wildman–Crippen MR) is 151 cm³/mol. The molecule has 2 fully saturated rings. The molecule has 0 bridgehead atoms. The molecule has 0 aliphatic carbocycles. The van der Waals surface area contributed by atoms with E-state index >= 15 is 0 Å². The Labute approximate surface area is 236 Å². The fourth-order valence-electron chi connectivity index (χ4n) is 4.62. The summed E-state index contributed by atoms with van der Waals surface area (Å²) >= 11 is 0. The van der Waals surface area contributed by atoms with Crippen LogP contribution in [0, 0.1) is 5.92 Å². The van der Waals surface area contributed by atoms with Crippen LogP contribution in [0.5, 0.6) is 0 Å². The zero-order valence-electron chi connectivity index (χ0n) is 24.5. The standard InChI is InChI=1S/C24H30F3N3O4.C4H8.C2H6/c1-3-4-21(31)28-20-13-18(16-5-7-19(8-6-16)24(25,26)27)14-30(15-20)23(33)29-11-9-17(10-12-29)22(32)34-2;1-3-4-2;1-2/h3-8,17-18,20H,9-15H2,1-2H3,(H,28,31);3-4H,1-2H3;1-2H3/b4-3+;4-3-;. The molecule has 0 saturated carbocycles. The number of benzene rings is 1. The van der Waals surface area contributed by atoms with Crippen molar-refractivity contribution in [2.75, 3.05) is 33.3 Å². The lowest BCUT2D eigenvalue weighted by Gasteiger charge is -2.41. The van der Waals surface area contributed by atoms with Gasteiger partial charge in [0.25, 0.3) is 0 Å². The average Bonchev–Trinajstić information content (AvgIpc) is 2.97. The van der Waals surface area contributed by atoms with Gasteiger partial charge in [-0.05, 0) is 63.8 Å². The Bertz CT molecular complexity index is 981. The van der Waals surface area contributed by atoms with Gasteiger partial charge in [0.2, 0.25) is 5.91 Å². The predicted octanol–water partition coefficient (Wildman–Crippen LogP) is 6.17. The van der Waals surface area contributed by atoms with Gasteiger partial charge in [-0.15, -0.1) is 0 Å². The number of hydrogen-bond acceptors (Lipinski definition) is 4. The number of methoxy groups -OCH3 is 1. The van der Waals surface area contributed by atoms with Crippen LogP contribution < -0.4 is 5.32 Å². The number of carbonyl (C=O) groups is 3. The summed E-state index contributed by atoms with van der Waals surface area (Å²) in [4.78, 5) is 40.5. The second-order valence-electron chi connectivity index (χ2n) is 9.40. The first-order valence-corrected chi connectivity index (χ1v) is 13.8. The monoisotopic (exact) mass is 567 g/mol. The largest absolute Gasteiger partial charge is 0.469 e. The molecule has 10 heteroatoms. The highest BCUT2D eigenvalue weighted by Crippen LogP contribution is 2.33. The van der Waals surface area contributed by atoms with Crippen LogP contribution in [0.1, 0.15) is 70.9 Å². The molecule has 0 radical (unpaired) electrons. The van der Waals surface area contributed by atoms with E-state index in [9.17, 15) is 27.6 Å². The highest BCUT2D eigenvalue weighted by molar-refractivity contribution is 5.87. The van der Waals surface area contributed by atoms with Gasteiger partial charge in [0, 0.05) is 38.1 Å². The van der Waals surface area contributed by atoms with E-state index in [0.717, 1.165) is 12.1 Å². The van der Waals surface area contributed by atoms with Crippen LogP contribution in [-0.4, -0.2) is 67.0 Å². The molecule has 2 heterocycles.